The third kappa shape index (κ3) is 7.75. The highest BCUT2D eigenvalue weighted by Gasteiger charge is 2.53. The zero-order valence-electron chi connectivity index (χ0n) is 33.0. The largest absolute Gasteiger partial charge is 0.453 e. The van der Waals surface area contributed by atoms with Crippen molar-refractivity contribution in [3.05, 3.63) is 102 Å². The second-order valence-corrected chi connectivity index (χ2v) is 15.9. The number of alkyl carbamates (subject to hydrolysis) is 1. The molecule has 4 aliphatic rings. The van der Waals surface area contributed by atoms with Crippen LogP contribution in [0.5, 0.6) is 0 Å². The minimum Gasteiger partial charge on any atom is -0.453 e. The van der Waals surface area contributed by atoms with Crippen molar-refractivity contribution in [3.8, 4) is 22.4 Å². The highest BCUT2D eigenvalue weighted by Crippen LogP contribution is 2.54. The van der Waals surface area contributed by atoms with Gasteiger partial charge in [0, 0.05) is 56.2 Å². The van der Waals surface area contributed by atoms with E-state index in [1.54, 1.807) is 18.0 Å². The molecule has 1 saturated heterocycles. The molecular weight excluding hydrogens is 719 g/mol. The number of carbonyl (C=O) groups excluding carboxylic acids is 3. The average molecular weight is 770 g/mol. The number of benzene rings is 2. The van der Waals surface area contributed by atoms with Crippen LogP contribution in [0.15, 0.2) is 90.4 Å². The average Bonchev–Trinajstić information content (AvgIpc) is 4.11. The van der Waals surface area contributed by atoms with E-state index in [9.17, 15) is 14.4 Å². The minimum absolute atomic E-state index is 0.0331. The van der Waals surface area contributed by atoms with Gasteiger partial charge in [-0.25, -0.2) is 9.78 Å². The summed E-state index contributed by atoms with van der Waals surface area (Å²) in [6.45, 7) is 4.33. The molecule has 8 rings (SSSR count). The van der Waals surface area contributed by atoms with Crippen LogP contribution in [0.25, 0.3) is 28.0 Å². The zero-order valence-corrected chi connectivity index (χ0v) is 33.0. The number of methoxy groups -OCH3 is 2. The monoisotopic (exact) mass is 769 g/mol. The molecule has 3 fully saturated rings. The second-order valence-electron chi connectivity index (χ2n) is 15.9. The number of carbonyl (C=O) groups is 3. The summed E-state index contributed by atoms with van der Waals surface area (Å²) in [6.07, 6.45) is 11.9. The quantitative estimate of drug-likeness (QED) is 0.137. The van der Waals surface area contributed by atoms with Crippen molar-refractivity contribution in [3.63, 3.8) is 0 Å². The SMILES string of the molecule is COC(=O)N[C@H](C(=O)N1CCC[C@H]1c1ncc(-c2ccc(-c3ccc(C4=CN=C(C5C6CCC(C6)[C@@H]5C(=O)NC(C)c5cccnc5)C4)cc3)cc2)[nH]1)[C@@H](C)OC. The highest BCUT2D eigenvalue weighted by molar-refractivity contribution is 6.02. The summed E-state index contributed by atoms with van der Waals surface area (Å²) in [5.41, 5.74) is 8.58. The first-order valence-electron chi connectivity index (χ1n) is 20.1. The zero-order chi connectivity index (χ0) is 39.6. The molecule has 2 saturated carbocycles. The van der Waals surface area contributed by atoms with Gasteiger partial charge in [-0.3, -0.25) is 19.6 Å². The first-order valence-corrected chi connectivity index (χ1v) is 20.1. The van der Waals surface area contributed by atoms with Gasteiger partial charge in [0.1, 0.15) is 11.9 Å². The van der Waals surface area contributed by atoms with E-state index in [1.807, 2.05) is 37.7 Å². The van der Waals surface area contributed by atoms with Crippen LogP contribution in [0, 0.1) is 23.7 Å². The van der Waals surface area contributed by atoms with Crippen LogP contribution in [-0.4, -0.2) is 76.4 Å². The van der Waals surface area contributed by atoms with E-state index in [0.717, 1.165) is 71.3 Å². The van der Waals surface area contributed by atoms with Crippen molar-refractivity contribution in [2.45, 2.75) is 76.6 Å². The van der Waals surface area contributed by atoms with E-state index in [0.29, 0.717) is 24.2 Å². The molecular formula is C45H51N7O5. The van der Waals surface area contributed by atoms with E-state index < -0.39 is 18.2 Å². The van der Waals surface area contributed by atoms with Crippen LogP contribution < -0.4 is 10.6 Å². The number of hydrogen-bond acceptors (Lipinski definition) is 8. The Morgan fingerprint density at radius 3 is 2.30 bits per heavy atom. The fourth-order valence-corrected chi connectivity index (χ4v) is 9.57. The van der Waals surface area contributed by atoms with Crippen molar-refractivity contribution in [2.75, 3.05) is 20.8 Å². The minimum atomic E-state index is -0.882. The number of aromatic nitrogens is 3. The second kappa shape index (κ2) is 16.5. The third-order valence-electron chi connectivity index (χ3n) is 12.7. The molecule has 296 valence electrons. The topological polar surface area (TPSA) is 151 Å². The van der Waals surface area contributed by atoms with Crippen LogP contribution in [0.3, 0.4) is 0 Å². The van der Waals surface area contributed by atoms with Crippen molar-refractivity contribution in [1.29, 1.82) is 0 Å². The summed E-state index contributed by atoms with van der Waals surface area (Å²) in [5.74, 6) is 1.72. The standard InChI is InChI=1S/C45H51N7O5/c1-26(34-7-5-19-46-23-34)49-43(53)40-33-18-17-32(21-33)39(40)36-22-35(24-47-36)30-11-9-28(10-12-30)29-13-15-31(16-14-29)37-25-48-42(50-37)38-8-6-20-52(38)44(54)41(27(2)56-3)51-45(55)57-4/h5,7,9-16,19,23-27,32-33,38-41H,6,8,17-18,20-22H2,1-4H3,(H,48,50)(H,49,53)(H,51,55)/t26?,27-,32?,33?,38+,39?,40+,41+/m1/s1. The molecule has 3 N–H and O–H groups in total. The van der Waals surface area contributed by atoms with Crippen molar-refractivity contribution < 1.29 is 23.9 Å². The summed E-state index contributed by atoms with van der Waals surface area (Å²) >= 11 is 0. The highest BCUT2D eigenvalue weighted by atomic mass is 16.5. The Balaban J connectivity index is 0.893. The lowest BCUT2D eigenvalue weighted by molar-refractivity contribution is -0.137. The number of allylic oxidation sites excluding steroid dienone is 1. The number of imidazole rings is 1. The van der Waals surface area contributed by atoms with E-state index >= 15 is 0 Å². The van der Waals surface area contributed by atoms with E-state index in [-0.39, 0.29) is 35.7 Å². The number of hydrogen-bond donors (Lipinski definition) is 3. The maximum atomic E-state index is 13.7. The lowest BCUT2D eigenvalue weighted by atomic mass is 9.74. The Morgan fingerprint density at radius 2 is 1.60 bits per heavy atom. The lowest BCUT2D eigenvalue weighted by Crippen LogP contribution is -2.54. The van der Waals surface area contributed by atoms with Crippen LogP contribution >= 0.6 is 0 Å². The van der Waals surface area contributed by atoms with E-state index in [2.05, 4.69) is 74.1 Å². The number of amides is 3. The van der Waals surface area contributed by atoms with Gasteiger partial charge >= 0.3 is 6.09 Å². The molecule has 2 aliphatic heterocycles. The third-order valence-corrected chi connectivity index (χ3v) is 12.7. The Bertz CT molecular complexity index is 2150. The summed E-state index contributed by atoms with van der Waals surface area (Å²) in [6, 6.07) is 19.7. The maximum absolute atomic E-state index is 13.7. The predicted molar refractivity (Wildman–Crippen MR) is 218 cm³/mol. The predicted octanol–water partition coefficient (Wildman–Crippen LogP) is 7.29. The first kappa shape index (κ1) is 38.3. The molecule has 4 aromatic rings. The molecule has 0 spiro atoms. The van der Waals surface area contributed by atoms with Gasteiger partial charge in [0.25, 0.3) is 0 Å². The van der Waals surface area contributed by atoms with Gasteiger partial charge in [0.15, 0.2) is 0 Å². The number of rotatable bonds is 12. The number of pyridine rings is 1. The molecule has 2 bridgehead atoms. The number of nitrogens with zero attached hydrogens (tertiary/aromatic N) is 4. The summed E-state index contributed by atoms with van der Waals surface area (Å²) < 4.78 is 10.2. The fraction of sp³-hybridized carbons (Fsp3) is 0.422. The molecule has 57 heavy (non-hydrogen) atoms. The summed E-state index contributed by atoms with van der Waals surface area (Å²) in [5, 5.41) is 5.93. The number of ether oxygens (including phenoxy) is 2. The number of aromatic amines is 1. The van der Waals surface area contributed by atoms with Gasteiger partial charge in [-0.15, -0.1) is 0 Å². The van der Waals surface area contributed by atoms with Crippen LogP contribution in [-0.2, 0) is 19.1 Å². The van der Waals surface area contributed by atoms with Gasteiger partial charge in [-0.2, -0.15) is 0 Å². The van der Waals surface area contributed by atoms with Crippen molar-refractivity contribution >= 4 is 29.2 Å². The van der Waals surface area contributed by atoms with Crippen LogP contribution in [0.4, 0.5) is 4.79 Å². The Labute approximate surface area is 333 Å². The Morgan fingerprint density at radius 1 is 0.877 bits per heavy atom. The molecule has 2 aromatic carbocycles. The number of nitrogens with one attached hydrogen (secondary N) is 3. The normalized spacial score (nSPS) is 24.1. The summed E-state index contributed by atoms with van der Waals surface area (Å²) in [7, 11) is 2.78. The smallest absolute Gasteiger partial charge is 0.407 e. The van der Waals surface area contributed by atoms with Crippen molar-refractivity contribution in [2.24, 2.45) is 28.7 Å². The van der Waals surface area contributed by atoms with Crippen LogP contribution in [0.2, 0.25) is 0 Å². The Hall–Kier alpha value is -5.62. The van der Waals surface area contributed by atoms with Crippen molar-refractivity contribution in [1.82, 2.24) is 30.5 Å². The van der Waals surface area contributed by atoms with Gasteiger partial charge < -0.3 is 30.0 Å². The lowest BCUT2D eigenvalue weighted by Gasteiger charge is -2.31. The molecule has 4 unspecified atom stereocenters. The number of likely N-dealkylation sites (tertiary alicyclic amines) is 1. The fourth-order valence-electron chi connectivity index (χ4n) is 9.57. The van der Waals surface area contributed by atoms with E-state index in [4.69, 9.17) is 14.5 Å². The van der Waals surface area contributed by atoms with Crippen LogP contribution in [0.1, 0.15) is 81.4 Å². The number of aliphatic imine (C=N–C) groups is 1. The molecule has 12 heteroatoms. The van der Waals surface area contributed by atoms with Gasteiger partial charge in [0.05, 0.1) is 37.2 Å². The molecule has 2 aliphatic carbocycles. The molecule has 0 radical (unpaired) electrons. The number of H-pyrrole nitrogens is 1. The molecule has 12 nitrogen and oxygen atoms in total. The molecule has 8 atom stereocenters. The summed E-state index contributed by atoms with van der Waals surface area (Å²) in [4.78, 5) is 58.5. The molecule has 3 amide bonds. The van der Waals surface area contributed by atoms with Gasteiger partial charge in [0.2, 0.25) is 11.8 Å². The van der Waals surface area contributed by atoms with E-state index in [1.165, 1.54) is 26.2 Å². The molecule has 4 heterocycles. The number of fused-ring (bicyclic) bond motifs is 2. The Kier molecular flexibility index (Phi) is 11.1. The first-order chi connectivity index (χ1) is 27.7. The van der Waals surface area contributed by atoms with Gasteiger partial charge in [-0.1, -0.05) is 54.6 Å². The molecule has 2 aromatic heterocycles. The maximum Gasteiger partial charge on any atom is 0.407 e. The van der Waals surface area contributed by atoms with Gasteiger partial charge in [-0.05, 0) is 97.2 Å².